The van der Waals surface area contributed by atoms with Gasteiger partial charge in [-0.25, -0.2) is 4.39 Å². The molecule has 1 fully saturated rings. The van der Waals surface area contributed by atoms with E-state index >= 15 is 0 Å². The third-order valence-corrected chi connectivity index (χ3v) is 2.94. The average Bonchev–Trinajstić information content (AvgIpc) is 2.18. The number of rotatable bonds is 5. The van der Waals surface area contributed by atoms with Crippen LogP contribution in [0.5, 0.6) is 0 Å². The van der Waals surface area contributed by atoms with Crippen LogP contribution in [0.2, 0.25) is 0 Å². The van der Waals surface area contributed by atoms with Crippen LogP contribution in [0.25, 0.3) is 0 Å². The Kier molecular flexibility index (Phi) is 5.62. The molecule has 2 heteroatoms. The Bertz CT molecular complexity index is 294. The second kappa shape index (κ2) is 6.78. The van der Waals surface area contributed by atoms with Crippen LogP contribution < -0.4 is 0 Å². The van der Waals surface area contributed by atoms with Crippen LogP contribution >= 0.6 is 15.9 Å². The molecule has 0 aromatic rings. The molecular weight excluding hydrogens is 255 g/mol. The first-order valence-corrected chi connectivity index (χ1v) is 5.97. The van der Waals surface area contributed by atoms with Gasteiger partial charge < -0.3 is 0 Å². The molecule has 0 saturated heterocycles. The molecule has 0 aromatic heterocycles. The highest BCUT2D eigenvalue weighted by Gasteiger charge is 2.09. The van der Waals surface area contributed by atoms with Gasteiger partial charge in [-0.3, -0.25) is 0 Å². The van der Waals surface area contributed by atoms with Crippen molar-refractivity contribution in [1.82, 2.24) is 0 Å². The van der Waals surface area contributed by atoms with Crippen molar-refractivity contribution in [3.8, 4) is 0 Å². The molecule has 1 rings (SSSR count). The van der Waals surface area contributed by atoms with Gasteiger partial charge in [0.2, 0.25) is 0 Å². The lowest BCUT2D eigenvalue weighted by molar-refractivity contribution is 0.562. The van der Waals surface area contributed by atoms with Crippen molar-refractivity contribution < 1.29 is 4.39 Å². The van der Waals surface area contributed by atoms with E-state index in [0.29, 0.717) is 0 Å². The van der Waals surface area contributed by atoms with E-state index in [1.54, 1.807) is 6.08 Å². The summed E-state index contributed by atoms with van der Waals surface area (Å²) in [5, 5.41) is 0. The number of alkyl halides is 1. The Morgan fingerprint density at radius 3 is 2.73 bits per heavy atom. The van der Waals surface area contributed by atoms with Gasteiger partial charge in [-0.2, -0.15) is 0 Å². The first kappa shape index (κ1) is 12.4. The number of allylic oxidation sites excluding steroid dienone is 7. The molecule has 82 valence electrons. The Labute approximate surface area is 99.4 Å². The lowest BCUT2D eigenvalue weighted by Gasteiger charge is -2.17. The monoisotopic (exact) mass is 270 g/mol. The van der Waals surface area contributed by atoms with Gasteiger partial charge >= 0.3 is 0 Å². The molecule has 0 bridgehead atoms. The second-order valence-corrected chi connectivity index (χ2v) is 4.52. The summed E-state index contributed by atoms with van der Waals surface area (Å²) in [6.07, 6.45) is 13.1. The Morgan fingerprint density at radius 1 is 1.53 bits per heavy atom. The summed E-state index contributed by atoms with van der Waals surface area (Å²) in [6.45, 7) is 3.37. The standard InChI is InChI=1S/C13H16BrF/c1-2-11(9-12-5-3-6-12)10-13(14)7-4-8-15/h2,4,7,9-11H,1,3,5-6,8H2/b7-4-,13-10+. The minimum atomic E-state index is -0.428. The quantitative estimate of drug-likeness (QED) is 0.502. The molecule has 1 atom stereocenters. The van der Waals surface area contributed by atoms with E-state index in [4.69, 9.17) is 0 Å². The molecule has 15 heavy (non-hydrogen) atoms. The van der Waals surface area contributed by atoms with Crippen LogP contribution in [0.4, 0.5) is 4.39 Å². The summed E-state index contributed by atoms with van der Waals surface area (Å²) in [6, 6.07) is 0. The molecule has 0 radical (unpaired) electrons. The van der Waals surface area contributed by atoms with Crippen LogP contribution in [0.3, 0.4) is 0 Å². The largest absolute Gasteiger partial charge is 0.247 e. The van der Waals surface area contributed by atoms with Gasteiger partial charge in [-0.05, 0) is 25.3 Å². The summed E-state index contributed by atoms with van der Waals surface area (Å²) in [4.78, 5) is 0. The predicted octanol–water partition coefficient (Wildman–Crippen LogP) is 4.70. The van der Waals surface area contributed by atoms with E-state index < -0.39 is 6.67 Å². The molecule has 1 aliphatic rings. The number of hydrogen-bond acceptors (Lipinski definition) is 0. The van der Waals surface area contributed by atoms with Gasteiger partial charge in [0.15, 0.2) is 0 Å². The minimum Gasteiger partial charge on any atom is -0.247 e. The van der Waals surface area contributed by atoms with Gasteiger partial charge in [-0.1, -0.05) is 45.8 Å². The second-order valence-electron chi connectivity index (χ2n) is 3.60. The molecule has 1 aliphatic carbocycles. The van der Waals surface area contributed by atoms with E-state index in [-0.39, 0.29) is 5.92 Å². The van der Waals surface area contributed by atoms with Crippen LogP contribution in [0.1, 0.15) is 19.3 Å². The van der Waals surface area contributed by atoms with Gasteiger partial charge in [-0.15, -0.1) is 6.58 Å². The maximum atomic E-state index is 11.9. The van der Waals surface area contributed by atoms with Gasteiger partial charge in [0.25, 0.3) is 0 Å². The zero-order valence-corrected chi connectivity index (χ0v) is 10.3. The summed E-state index contributed by atoms with van der Waals surface area (Å²) in [7, 11) is 0. The molecule has 0 spiro atoms. The maximum Gasteiger partial charge on any atom is 0.108 e. The predicted molar refractivity (Wildman–Crippen MR) is 67.7 cm³/mol. The van der Waals surface area contributed by atoms with Gasteiger partial charge in [0, 0.05) is 10.4 Å². The van der Waals surface area contributed by atoms with E-state index in [0.717, 1.165) is 4.48 Å². The molecule has 0 amide bonds. The van der Waals surface area contributed by atoms with Crippen molar-refractivity contribution in [2.45, 2.75) is 19.3 Å². The van der Waals surface area contributed by atoms with E-state index in [1.165, 1.54) is 30.9 Å². The van der Waals surface area contributed by atoms with Gasteiger partial charge in [0.05, 0.1) is 0 Å². The van der Waals surface area contributed by atoms with E-state index in [9.17, 15) is 4.39 Å². The summed E-state index contributed by atoms with van der Waals surface area (Å²) >= 11 is 3.38. The Hall–Kier alpha value is -0.630. The molecular formula is C13H16BrF. The zero-order chi connectivity index (χ0) is 11.1. The third kappa shape index (κ3) is 4.61. The van der Waals surface area contributed by atoms with Crippen LogP contribution in [0.15, 0.2) is 47.0 Å². The van der Waals surface area contributed by atoms with Crippen molar-refractivity contribution in [3.05, 3.63) is 47.0 Å². The normalized spacial score (nSPS) is 18.8. The van der Waals surface area contributed by atoms with Crippen molar-refractivity contribution in [1.29, 1.82) is 0 Å². The molecule has 1 saturated carbocycles. The first-order chi connectivity index (χ1) is 7.26. The van der Waals surface area contributed by atoms with Crippen molar-refractivity contribution in [2.75, 3.05) is 6.67 Å². The fraction of sp³-hybridized carbons (Fsp3) is 0.385. The van der Waals surface area contributed by atoms with Crippen molar-refractivity contribution >= 4 is 15.9 Å². The van der Waals surface area contributed by atoms with Crippen molar-refractivity contribution in [3.63, 3.8) is 0 Å². The molecule has 1 unspecified atom stereocenters. The highest BCUT2D eigenvalue weighted by molar-refractivity contribution is 9.11. The lowest BCUT2D eigenvalue weighted by Crippen LogP contribution is -1.99. The maximum absolute atomic E-state index is 11.9. The van der Waals surface area contributed by atoms with Crippen LogP contribution in [0, 0.1) is 5.92 Å². The highest BCUT2D eigenvalue weighted by atomic mass is 79.9. The number of hydrogen-bond donors (Lipinski definition) is 0. The third-order valence-electron chi connectivity index (χ3n) is 2.41. The van der Waals surface area contributed by atoms with E-state index in [2.05, 4.69) is 28.6 Å². The van der Waals surface area contributed by atoms with Crippen LogP contribution in [-0.4, -0.2) is 6.67 Å². The molecule has 0 N–H and O–H groups in total. The molecule has 0 nitrogen and oxygen atoms in total. The van der Waals surface area contributed by atoms with Gasteiger partial charge in [0.1, 0.15) is 6.67 Å². The van der Waals surface area contributed by atoms with Crippen LogP contribution in [-0.2, 0) is 0 Å². The van der Waals surface area contributed by atoms with E-state index in [1.807, 2.05) is 12.2 Å². The lowest BCUT2D eigenvalue weighted by atomic mass is 9.89. The number of halogens is 2. The average molecular weight is 271 g/mol. The first-order valence-electron chi connectivity index (χ1n) is 5.18. The minimum absolute atomic E-state index is 0.249. The van der Waals surface area contributed by atoms with Crippen molar-refractivity contribution in [2.24, 2.45) is 5.92 Å². The zero-order valence-electron chi connectivity index (χ0n) is 8.76. The summed E-state index contributed by atoms with van der Waals surface area (Å²) in [5.74, 6) is 0.249. The SMILES string of the molecule is C=CC(C=C1CCC1)/C=C(Br)\C=C/CF. The smallest absolute Gasteiger partial charge is 0.108 e. The summed E-state index contributed by atoms with van der Waals surface area (Å²) < 4.78 is 12.8. The fourth-order valence-corrected chi connectivity index (χ4v) is 1.89. The summed E-state index contributed by atoms with van der Waals surface area (Å²) in [5.41, 5.74) is 1.51. The highest BCUT2D eigenvalue weighted by Crippen LogP contribution is 2.27. The fourth-order valence-electron chi connectivity index (χ4n) is 1.40. The topological polar surface area (TPSA) is 0 Å². The Morgan fingerprint density at radius 2 is 2.27 bits per heavy atom. The molecule has 0 heterocycles. The molecule has 0 aliphatic heterocycles. The molecule has 0 aromatic carbocycles. The Balaban J connectivity index is 2.58.